The summed E-state index contributed by atoms with van der Waals surface area (Å²) in [5.74, 6) is 1.64. The van der Waals surface area contributed by atoms with Crippen molar-refractivity contribution >= 4 is 35.6 Å². The maximum Gasteiger partial charge on any atom is 0.191 e. The predicted octanol–water partition coefficient (Wildman–Crippen LogP) is 2.74. The molecule has 0 saturated heterocycles. The van der Waals surface area contributed by atoms with Gasteiger partial charge in [-0.15, -0.1) is 24.0 Å². The van der Waals surface area contributed by atoms with Gasteiger partial charge in [0.15, 0.2) is 5.96 Å². The van der Waals surface area contributed by atoms with Crippen molar-refractivity contribution in [1.82, 2.24) is 20.0 Å². The highest BCUT2D eigenvalue weighted by atomic mass is 127. The number of ether oxygens (including phenoxy) is 1. The topological polar surface area (TPSA) is 63.0 Å². The largest absolute Gasteiger partial charge is 0.492 e. The van der Waals surface area contributed by atoms with Gasteiger partial charge in [-0.2, -0.15) is 0 Å². The second-order valence-electron chi connectivity index (χ2n) is 5.54. The van der Waals surface area contributed by atoms with E-state index in [1.165, 1.54) is 0 Å². The zero-order valence-corrected chi connectivity index (χ0v) is 17.1. The molecule has 0 bridgehead atoms. The third kappa shape index (κ3) is 5.91. The first kappa shape index (κ1) is 20.0. The van der Waals surface area contributed by atoms with Gasteiger partial charge in [-0.05, 0) is 24.3 Å². The lowest BCUT2D eigenvalue weighted by atomic mass is 10.3. The van der Waals surface area contributed by atoms with Gasteiger partial charge in [0, 0.05) is 32.4 Å². The number of hydrogen-bond acceptors (Lipinski definition) is 3. The Hall–Kier alpha value is -2.29. The summed E-state index contributed by atoms with van der Waals surface area (Å²) in [7, 11) is 1.76. The number of imidazole rings is 1. The van der Waals surface area contributed by atoms with Crippen molar-refractivity contribution in [2.75, 3.05) is 26.7 Å². The average Bonchev–Trinajstić information content (AvgIpc) is 3.07. The molecule has 7 heteroatoms. The normalized spacial score (nSPS) is 11.0. The Morgan fingerprint density at radius 3 is 2.62 bits per heavy atom. The lowest BCUT2D eigenvalue weighted by molar-refractivity contribution is 0.322. The van der Waals surface area contributed by atoms with Gasteiger partial charge in [-0.25, -0.2) is 4.98 Å². The minimum atomic E-state index is 0. The summed E-state index contributed by atoms with van der Waals surface area (Å²) >= 11 is 0. The van der Waals surface area contributed by atoms with Crippen LogP contribution in [-0.2, 0) is 6.42 Å². The van der Waals surface area contributed by atoms with Crippen LogP contribution in [0.3, 0.4) is 0 Å². The molecule has 26 heavy (non-hydrogen) atoms. The third-order valence-electron chi connectivity index (χ3n) is 3.72. The van der Waals surface area contributed by atoms with E-state index in [4.69, 9.17) is 4.74 Å². The highest BCUT2D eigenvalue weighted by molar-refractivity contribution is 14.0. The summed E-state index contributed by atoms with van der Waals surface area (Å²) in [6.45, 7) is 2.03. The van der Waals surface area contributed by atoms with Crippen molar-refractivity contribution in [2.24, 2.45) is 4.99 Å². The molecule has 0 radical (unpaired) electrons. The number of nitrogens with zero attached hydrogens (tertiary/aromatic N) is 3. The fraction of sp³-hybridized carbons (Fsp3) is 0.263. The van der Waals surface area contributed by atoms with Crippen molar-refractivity contribution in [3.63, 3.8) is 0 Å². The van der Waals surface area contributed by atoms with Gasteiger partial charge in [0.25, 0.3) is 0 Å². The molecule has 3 aromatic rings. The third-order valence-corrected chi connectivity index (χ3v) is 3.72. The number of nitrogens with one attached hydrogen (secondary N) is 2. The van der Waals surface area contributed by atoms with E-state index < -0.39 is 0 Å². The van der Waals surface area contributed by atoms with Gasteiger partial charge in [-0.3, -0.25) is 4.99 Å². The molecule has 138 valence electrons. The zero-order chi connectivity index (χ0) is 17.3. The Morgan fingerprint density at radius 2 is 1.85 bits per heavy atom. The minimum absolute atomic E-state index is 0. The van der Waals surface area contributed by atoms with Gasteiger partial charge in [0.1, 0.15) is 18.0 Å². The molecule has 0 fully saturated rings. The molecule has 0 atom stereocenters. The SMILES string of the molecule is CN=C(NCCOc1ccccc1)NCCc1cn2ccccc2n1.I. The highest BCUT2D eigenvalue weighted by Crippen LogP contribution is 2.07. The quantitative estimate of drug-likeness (QED) is 0.244. The molecule has 0 aliphatic heterocycles. The molecule has 2 aromatic heterocycles. The van der Waals surface area contributed by atoms with E-state index in [1.807, 2.05) is 59.1 Å². The fourth-order valence-corrected chi connectivity index (χ4v) is 2.49. The van der Waals surface area contributed by atoms with Crippen LogP contribution >= 0.6 is 24.0 Å². The summed E-state index contributed by atoms with van der Waals surface area (Å²) < 4.78 is 7.68. The van der Waals surface area contributed by atoms with Gasteiger partial charge < -0.3 is 19.8 Å². The molecule has 0 unspecified atom stereocenters. The number of fused-ring (bicyclic) bond motifs is 1. The van der Waals surface area contributed by atoms with Crippen LogP contribution in [0, 0.1) is 0 Å². The Balaban J connectivity index is 0.00000243. The molecule has 0 aliphatic carbocycles. The van der Waals surface area contributed by atoms with E-state index in [0.29, 0.717) is 13.2 Å². The molecule has 2 N–H and O–H groups in total. The van der Waals surface area contributed by atoms with Crippen LogP contribution in [-0.4, -0.2) is 42.1 Å². The van der Waals surface area contributed by atoms with E-state index in [-0.39, 0.29) is 24.0 Å². The maximum atomic E-state index is 5.65. The maximum absolute atomic E-state index is 5.65. The zero-order valence-electron chi connectivity index (χ0n) is 14.8. The van der Waals surface area contributed by atoms with Gasteiger partial charge in [-0.1, -0.05) is 24.3 Å². The highest BCUT2D eigenvalue weighted by Gasteiger charge is 2.02. The molecule has 0 spiro atoms. The lowest BCUT2D eigenvalue weighted by Gasteiger charge is -2.12. The summed E-state index contributed by atoms with van der Waals surface area (Å²) in [4.78, 5) is 8.81. The van der Waals surface area contributed by atoms with E-state index in [0.717, 1.165) is 36.0 Å². The van der Waals surface area contributed by atoms with Crippen molar-refractivity contribution in [2.45, 2.75) is 6.42 Å². The first-order chi connectivity index (χ1) is 12.3. The van der Waals surface area contributed by atoms with Crippen molar-refractivity contribution in [3.05, 3.63) is 66.6 Å². The van der Waals surface area contributed by atoms with E-state index in [1.54, 1.807) is 7.05 Å². The summed E-state index contributed by atoms with van der Waals surface area (Å²) in [5.41, 5.74) is 2.03. The Morgan fingerprint density at radius 1 is 1.08 bits per heavy atom. The Kier molecular flexibility index (Phi) is 8.20. The number of aliphatic imine (C=N–C) groups is 1. The number of para-hydroxylation sites is 1. The summed E-state index contributed by atoms with van der Waals surface area (Å²) in [6.07, 6.45) is 4.90. The Labute approximate surface area is 170 Å². The van der Waals surface area contributed by atoms with Gasteiger partial charge >= 0.3 is 0 Å². The molecular formula is C19H24IN5O. The van der Waals surface area contributed by atoms with Gasteiger partial charge in [0.2, 0.25) is 0 Å². The fourth-order valence-electron chi connectivity index (χ4n) is 2.49. The van der Waals surface area contributed by atoms with Crippen molar-refractivity contribution in [3.8, 4) is 5.75 Å². The smallest absolute Gasteiger partial charge is 0.191 e. The molecule has 1 aromatic carbocycles. The number of pyridine rings is 1. The summed E-state index contributed by atoms with van der Waals surface area (Å²) in [5, 5.41) is 6.54. The number of hydrogen-bond donors (Lipinski definition) is 2. The molecule has 0 saturated carbocycles. The number of halogens is 1. The Bertz CT molecular complexity index is 786. The van der Waals surface area contributed by atoms with Crippen LogP contribution in [0.5, 0.6) is 5.75 Å². The monoisotopic (exact) mass is 465 g/mol. The molecule has 3 rings (SSSR count). The molecular weight excluding hydrogens is 441 g/mol. The van der Waals surface area contributed by atoms with E-state index in [9.17, 15) is 0 Å². The second kappa shape index (κ2) is 10.6. The van der Waals surface area contributed by atoms with E-state index in [2.05, 4.69) is 26.8 Å². The minimum Gasteiger partial charge on any atom is -0.492 e. The van der Waals surface area contributed by atoms with Crippen LogP contribution in [0.1, 0.15) is 5.69 Å². The van der Waals surface area contributed by atoms with Gasteiger partial charge in [0.05, 0.1) is 12.2 Å². The average molecular weight is 465 g/mol. The second-order valence-corrected chi connectivity index (χ2v) is 5.54. The molecule has 6 nitrogen and oxygen atoms in total. The number of rotatable bonds is 7. The molecule has 2 heterocycles. The molecule has 0 aliphatic rings. The van der Waals surface area contributed by atoms with Crippen molar-refractivity contribution in [1.29, 1.82) is 0 Å². The lowest BCUT2D eigenvalue weighted by Crippen LogP contribution is -2.40. The van der Waals surface area contributed by atoms with Crippen LogP contribution in [0.25, 0.3) is 5.65 Å². The van der Waals surface area contributed by atoms with Crippen LogP contribution < -0.4 is 15.4 Å². The molecule has 0 amide bonds. The number of aromatic nitrogens is 2. The first-order valence-corrected chi connectivity index (χ1v) is 8.40. The number of guanidine groups is 1. The van der Waals surface area contributed by atoms with Crippen LogP contribution in [0.4, 0.5) is 0 Å². The van der Waals surface area contributed by atoms with Crippen LogP contribution in [0.2, 0.25) is 0 Å². The standard InChI is InChI=1S/C19H23N5O.HI/c1-20-19(22-12-14-25-17-7-3-2-4-8-17)21-11-10-16-15-24-13-6-5-9-18(24)23-16;/h2-9,13,15H,10-12,14H2,1H3,(H2,20,21,22);1H. The van der Waals surface area contributed by atoms with E-state index >= 15 is 0 Å². The predicted molar refractivity (Wildman–Crippen MR) is 116 cm³/mol. The van der Waals surface area contributed by atoms with Crippen LogP contribution in [0.15, 0.2) is 65.9 Å². The first-order valence-electron chi connectivity index (χ1n) is 8.40. The summed E-state index contributed by atoms with van der Waals surface area (Å²) in [6, 6.07) is 15.8. The number of benzene rings is 1. The van der Waals surface area contributed by atoms with Crippen molar-refractivity contribution < 1.29 is 4.74 Å².